The molecule has 5 heterocycles. The quantitative estimate of drug-likeness (QED) is 0.595. The van der Waals surface area contributed by atoms with Crippen LogP contribution in [0.2, 0.25) is 0 Å². The van der Waals surface area contributed by atoms with Gasteiger partial charge in [0.05, 0.1) is 19.3 Å². The van der Waals surface area contributed by atoms with Crippen molar-refractivity contribution in [2.75, 3.05) is 19.0 Å². The number of methoxy groups -OCH3 is 1. The Morgan fingerprint density at radius 2 is 2.23 bits per heavy atom. The lowest BCUT2D eigenvalue weighted by molar-refractivity contribution is -0.179. The molecule has 1 saturated carbocycles. The van der Waals surface area contributed by atoms with Crippen molar-refractivity contribution in [1.29, 1.82) is 0 Å². The van der Waals surface area contributed by atoms with Crippen molar-refractivity contribution in [3.05, 3.63) is 41.5 Å². The van der Waals surface area contributed by atoms with Gasteiger partial charge in [0.2, 0.25) is 0 Å². The van der Waals surface area contributed by atoms with Crippen LogP contribution >= 0.6 is 0 Å². The van der Waals surface area contributed by atoms with E-state index in [-0.39, 0.29) is 24.0 Å². The lowest BCUT2D eigenvalue weighted by Crippen LogP contribution is -2.71. The van der Waals surface area contributed by atoms with Crippen LogP contribution < -0.4 is 5.32 Å². The van der Waals surface area contributed by atoms with Gasteiger partial charge < -0.3 is 15.2 Å². The van der Waals surface area contributed by atoms with Crippen LogP contribution in [-0.2, 0) is 14.9 Å². The molecule has 5 bridgehead atoms. The number of allylic oxidation sites excluding steroid dienone is 1. The second-order valence-electron chi connectivity index (χ2n) is 8.65. The Labute approximate surface area is 153 Å². The Morgan fingerprint density at radius 1 is 1.42 bits per heavy atom. The molecule has 1 aromatic carbocycles. The molecule has 5 fully saturated rings. The zero-order valence-corrected chi connectivity index (χ0v) is 15.1. The SMILES string of the molecule is CC=C1CN2[C@@H]3C[C@H]1[C@]1(C(=O)OC)[C@H]2C[C@@]2(c4ccccc4N[C@H]32)[C@@H]1O. The predicted molar refractivity (Wildman–Crippen MR) is 96.7 cm³/mol. The molecule has 8 atom stereocenters. The van der Waals surface area contributed by atoms with Crippen LogP contribution in [0.4, 0.5) is 5.69 Å². The molecule has 6 aliphatic rings. The number of rotatable bonds is 1. The van der Waals surface area contributed by atoms with E-state index in [1.165, 1.54) is 18.2 Å². The zero-order valence-electron chi connectivity index (χ0n) is 15.1. The summed E-state index contributed by atoms with van der Waals surface area (Å²) in [6.07, 6.45) is 3.15. The number of aliphatic hydroxyl groups excluding tert-OH is 1. The molecule has 7 rings (SSSR count). The number of carbonyl (C=O) groups is 1. The summed E-state index contributed by atoms with van der Waals surface area (Å²) >= 11 is 0. The third kappa shape index (κ3) is 1.28. The van der Waals surface area contributed by atoms with E-state index in [1.54, 1.807) is 0 Å². The van der Waals surface area contributed by atoms with Crippen molar-refractivity contribution >= 4 is 11.7 Å². The monoisotopic (exact) mass is 352 g/mol. The average molecular weight is 352 g/mol. The number of hydrogen-bond acceptors (Lipinski definition) is 5. The summed E-state index contributed by atoms with van der Waals surface area (Å²) in [6, 6.07) is 8.89. The molecule has 5 heteroatoms. The summed E-state index contributed by atoms with van der Waals surface area (Å²) in [4.78, 5) is 15.7. The first-order valence-corrected chi connectivity index (χ1v) is 9.64. The fraction of sp³-hybridized carbons (Fsp3) is 0.571. The van der Waals surface area contributed by atoms with Crippen LogP contribution in [0.15, 0.2) is 35.9 Å². The lowest BCUT2D eigenvalue weighted by Gasteiger charge is -2.60. The van der Waals surface area contributed by atoms with Crippen molar-refractivity contribution in [3.63, 3.8) is 0 Å². The maximum absolute atomic E-state index is 13.2. The smallest absolute Gasteiger partial charge is 0.316 e. The normalized spacial score (nSPS) is 50.5. The first kappa shape index (κ1) is 15.2. The van der Waals surface area contributed by atoms with E-state index in [0.29, 0.717) is 6.04 Å². The van der Waals surface area contributed by atoms with E-state index in [1.807, 2.05) is 12.1 Å². The summed E-state index contributed by atoms with van der Waals surface area (Å²) in [5.41, 5.74) is 2.34. The first-order chi connectivity index (χ1) is 12.6. The minimum Gasteiger partial charge on any atom is -0.468 e. The van der Waals surface area contributed by atoms with Crippen molar-refractivity contribution < 1.29 is 14.6 Å². The Balaban J connectivity index is 1.65. The summed E-state index contributed by atoms with van der Waals surface area (Å²) < 4.78 is 5.34. The van der Waals surface area contributed by atoms with Crippen LogP contribution in [0, 0.1) is 11.3 Å². The van der Waals surface area contributed by atoms with Gasteiger partial charge in [-0.15, -0.1) is 0 Å². The number of anilines is 1. The van der Waals surface area contributed by atoms with E-state index >= 15 is 0 Å². The number of carbonyl (C=O) groups excluding carboxylic acids is 1. The van der Waals surface area contributed by atoms with Gasteiger partial charge in [0.1, 0.15) is 5.41 Å². The maximum atomic E-state index is 13.2. The minimum absolute atomic E-state index is 0.0570. The van der Waals surface area contributed by atoms with Gasteiger partial charge in [-0.2, -0.15) is 0 Å². The molecule has 136 valence electrons. The molecule has 1 aliphatic carbocycles. The average Bonchev–Trinajstić information content (AvgIpc) is 3.13. The van der Waals surface area contributed by atoms with Gasteiger partial charge in [0, 0.05) is 35.6 Å². The molecular formula is C21H24N2O3. The van der Waals surface area contributed by atoms with Gasteiger partial charge in [-0.3, -0.25) is 9.69 Å². The van der Waals surface area contributed by atoms with Gasteiger partial charge in [-0.05, 0) is 31.4 Å². The Bertz CT molecular complexity index is 867. The first-order valence-electron chi connectivity index (χ1n) is 9.64. The summed E-state index contributed by atoms with van der Waals surface area (Å²) in [6.45, 7) is 2.96. The van der Waals surface area contributed by atoms with E-state index in [4.69, 9.17) is 4.74 Å². The van der Waals surface area contributed by atoms with Crippen molar-refractivity contribution in [1.82, 2.24) is 4.90 Å². The van der Waals surface area contributed by atoms with Crippen LogP contribution in [0.25, 0.3) is 0 Å². The molecule has 1 spiro atoms. The highest BCUT2D eigenvalue weighted by Gasteiger charge is 2.82. The Hall–Kier alpha value is -1.85. The third-order valence-corrected chi connectivity index (χ3v) is 8.30. The molecule has 1 unspecified atom stereocenters. The van der Waals surface area contributed by atoms with Gasteiger partial charge in [0.25, 0.3) is 0 Å². The number of esters is 1. The molecular weight excluding hydrogens is 328 g/mol. The topological polar surface area (TPSA) is 61.8 Å². The highest BCUT2D eigenvalue weighted by atomic mass is 16.5. The van der Waals surface area contributed by atoms with Gasteiger partial charge in [0.15, 0.2) is 0 Å². The third-order valence-electron chi connectivity index (χ3n) is 8.30. The van der Waals surface area contributed by atoms with Crippen molar-refractivity contribution in [2.24, 2.45) is 11.3 Å². The van der Waals surface area contributed by atoms with Gasteiger partial charge in [-0.25, -0.2) is 0 Å². The van der Waals surface area contributed by atoms with E-state index in [9.17, 15) is 9.90 Å². The molecule has 0 radical (unpaired) electrons. The highest BCUT2D eigenvalue weighted by molar-refractivity contribution is 5.84. The number of hydrogen-bond donors (Lipinski definition) is 2. The Kier molecular flexibility index (Phi) is 2.65. The number of ether oxygens (including phenoxy) is 1. The molecule has 4 saturated heterocycles. The highest BCUT2D eigenvalue weighted by Crippen LogP contribution is 2.71. The summed E-state index contributed by atoms with van der Waals surface area (Å²) in [5.74, 6) is -0.154. The molecule has 1 aromatic rings. The summed E-state index contributed by atoms with van der Waals surface area (Å²) in [7, 11) is 1.46. The van der Waals surface area contributed by atoms with E-state index in [2.05, 4.69) is 35.3 Å². The van der Waals surface area contributed by atoms with Crippen LogP contribution in [0.5, 0.6) is 0 Å². The number of piperidine rings is 4. The lowest BCUT2D eigenvalue weighted by atomic mass is 9.58. The maximum Gasteiger partial charge on any atom is 0.316 e. The Morgan fingerprint density at radius 3 is 3.00 bits per heavy atom. The standard InChI is InChI=1S/C21H24N2O3/c1-3-11-10-23-15-8-13(11)21(19(25)26-2)16(23)9-20(18(21)24)12-6-4-5-7-14(12)22-17(15)20/h3-7,13,15-18,22,24H,8-10H2,1-2H3/t13-,15-,16-,17-,18+,20+,21+/m1/s1. The molecule has 5 nitrogen and oxygen atoms in total. The van der Waals surface area contributed by atoms with Crippen LogP contribution in [-0.4, -0.2) is 53.9 Å². The fourth-order valence-corrected chi connectivity index (χ4v) is 7.49. The fourth-order valence-electron chi connectivity index (χ4n) is 7.49. The number of benzene rings is 1. The van der Waals surface area contributed by atoms with E-state index in [0.717, 1.165) is 25.1 Å². The molecule has 26 heavy (non-hydrogen) atoms. The van der Waals surface area contributed by atoms with Gasteiger partial charge in [-0.1, -0.05) is 29.8 Å². The van der Waals surface area contributed by atoms with Crippen molar-refractivity contribution in [2.45, 2.75) is 49.4 Å². The van der Waals surface area contributed by atoms with Gasteiger partial charge >= 0.3 is 5.97 Å². The summed E-state index contributed by atoms with van der Waals surface area (Å²) in [5, 5.41) is 15.6. The number of nitrogens with one attached hydrogen (secondary N) is 1. The van der Waals surface area contributed by atoms with Crippen LogP contribution in [0.3, 0.4) is 0 Å². The van der Waals surface area contributed by atoms with E-state index < -0.39 is 16.9 Å². The minimum atomic E-state index is -0.848. The van der Waals surface area contributed by atoms with Crippen molar-refractivity contribution in [3.8, 4) is 0 Å². The predicted octanol–water partition coefficient (Wildman–Crippen LogP) is 1.68. The second kappa shape index (κ2) is 4.52. The second-order valence-corrected chi connectivity index (χ2v) is 8.65. The number of aliphatic hydroxyl groups is 1. The number of nitrogens with zero attached hydrogens (tertiary/aromatic N) is 1. The molecule has 0 aromatic heterocycles. The van der Waals surface area contributed by atoms with Crippen LogP contribution in [0.1, 0.15) is 25.3 Å². The number of para-hydroxylation sites is 1. The molecule has 5 aliphatic heterocycles. The zero-order chi connectivity index (χ0) is 17.8. The number of fused-ring (bicyclic) bond motifs is 2. The largest absolute Gasteiger partial charge is 0.468 e. The molecule has 2 N–H and O–H groups in total. The molecule has 0 amide bonds.